The summed E-state index contributed by atoms with van der Waals surface area (Å²) in [6.07, 6.45) is -4.47. The van der Waals surface area contributed by atoms with E-state index in [1.807, 2.05) is 0 Å². The van der Waals surface area contributed by atoms with E-state index in [2.05, 4.69) is 10.3 Å². The van der Waals surface area contributed by atoms with E-state index < -0.39 is 11.6 Å². The highest BCUT2D eigenvalue weighted by Crippen LogP contribution is 2.45. The number of ether oxygens (including phenoxy) is 1. The van der Waals surface area contributed by atoms with Gasteiger partial charge in [-0.3, -0.25) is 0 Å². The quantitative estimate of drug-likeness (QED) is 0.922. The number of aromatic nitrogens is 1. The van der Waals surface area contributed by atoms with Gasteiger partial charge in [0, 0.05) is 12.6 Å². The molecule has 0 amide bonds. The minimum Gasteiger partial charge on any atom is -0.497 e. The normalized spacial score (nSPS) is 23.4. The second-order valence-electron chi connectivity index (χ2n) is 4.86. The van der Waals surface area contributed by atoms with Crippen molar-refractivity contribution in [2.24, 2.45) is 0 Å². The Morgan fingerprint density at radius 2 is 2.20 bits per heavy atom. The molecule has 1 N–H and O–H groups in total. The molecule has 3 rings (SSSR count). The Bertz CT molecular complexity index is 630. The van der Waals surface area contributed by atoms with Crippen LogP contribution in [-0.2, 0) is 5.41 Å². The molecule has 1 unspecified atom stereocenters. The zero-order valence-corrected chi connectivity index (χ0v) is 10.8. The number of benzene rings is 1. The molecule has 108 valence electrons. The lowest BCUT2D eigenvalue weighted by atomic mass is 9.86. The van der Waals surface area contributed by atoms with Crippen LogP contribution in [0.1, 0.15) is 12.3 Å². The topological polar surface area (TPSA) is 47.3 Å². The number of hydrogen-bond acceptors (Lipinski definition) is 4. The SMILES string of the molecule is COc1ccc2oc(C3(C(F)(F)F)CCNC3)nc2c1. The molecule has 1 fully saturated rings. The summed E-state index contributed by atoms with van der Waals surface area (Å²) in [5.74, 6) is 0.251. The van der Waals surface area contributed by atoms with E-state index >= 15 is 0 Å². The summed E-state index contributed by atoms with van der Waals surface area (Å²) in [5.41, 5.74) is -1.34. The average Bonchev–Trinajstić information content (AvgIpc) is 3.04. The maximum atomic E-state index is 13.4. The van der Waals surface area contributed by atoms with Gasteiger partial charge in [0.2, 0.25) is 5.89 Å². The number of nitrogens with one attached hydrogen (secondary N) is 1. The van der Waals surface area contributed by atoms with Crippen LogP contribution in [0.4, 0.5) is 13.2 Å². The van der Waals surface area contributed by atoms with Gasteiger partial charge in [-0.05, 0) is 25.1 Å². The molecule has 1 atom stereocenters. The van der Waals surface area contributed by atoms with Gasteiger partial charge in [-0.25, -0.2) is 4.98 Å². The lowest BCUT2D eigenvalue weighted by Crippen LogP contribution is -2.44. The lowest BCUT2D eigenvalue weighted by molar-refractivity contribution is -0.190. The van der Waals surface area contributed by atoms with Crippen molar-refractivity contribution in [1.29, 1.82) is 0 Å². The smallest absolute Gasteiger partial charge is 0.404 e. The minimum atomic E-state index is -4.40. The Hall–Kier alpha value is -1.76. The van der Waals surface area contributed by atoms with Gasteiger partial charge in [0.25, 0.3) is 0 Å². The van der Waals surface area contributed by atoms with Crippen LogP contribution in [-0.4, -0.2) is 31.4 Å². The predicted octanol–water partition coefficient (Wildman–Crippen LogP) is 2.63. The van der Waals surface area contributed by atoms with Crippen molar-refractivity contribution >= 4 is 11.1 Å². The van der Waals surface area contributed by atoms with E-state index in [0.717, 1.165) is 0 Å². The number of rotatable bonds is 2. The molecule has 0 radical (unpaired) electrons. The first-order chi connectivity index (χ1) is 9.46. The predicted molar refractivity (Wildman–Crippen MR) is 65.8 cm³/mol. The molecule has 1 aliphatic heterocycles. The van der Waals surface area contributed by atoms with Crippen molar-refractivity contribution in [3.63, 3.8) is 0 Å². The van der Waals surface area contributed by atoms with Gasteiger partial charge < -0.3 is 14.5 Å². The summed E-state index contributed by atoms with van der Waals surface area (Å²) < 4.78 is 50.6. The zero-order chi connectivity index (χ0) is 14.4. The molecule has 1 aliphatic rings. The van der Waals surface area contributed by atoms with Gasteiger partial charge in [0.1, 0.15) is 11.3 Å². The molecule has 0 saturated carbocycles. The van der Waals surface area contributed by atoms with Crippen LogP contribution in [0.25, 0.3) is 11.1 Å². The summed E-state index contributed by atoms with van der Waals surface area (Å²) in [6, 6.07) is 4.76. The maximum Gasteiger partial charge on any atom is 0.404 e. The van der Waals surface area contributed by atoms with Crippen LogP contribution >= 0.6 is 0 Å². The first-order valence-electron chi connectivity index (χ1n) is 6.19. The van der Waals surface area contributed by atoms with Crippen LogP contribution < -0.4 is 10.1 Å². The number of halogens is 3. The maximum absolute atomic E-state index is 13.4. The largest absolute Gasteiger partial charge is 0.497 e. The summed E-state index contributed by atoms with van der Waals surface area (Å²) in [7, 11) is 1.49. The van der Waals surface area contributed by atoms with Gasteiger partial charge in [-0.1, -0.05) is 0 Å². The molecule has 2 heterocycles. The van der Waals surface area contributed by atoms with Gasteiger partial charge in [0.05, 0.1) is 7.11 Å². The van der Waals surface area contributed by atoms with Crippen molar-refractivity contribution < 1.29 is 22.3 Å². The van der Waals surface area contributed by atoms with E-state index in [0.29, 0.717) is 23.4 Å². The monoisotopic (exact) mass is 286 g/mol. The highest BCUT2D eigenvalue weighted by molar-refractivity contribution is 5.74. The highest BCUT2D eigenvalue weighted by atomic mass is 19.4. The molecule has 1 saturated heterocycles. The lowest BCUT2D eigenvalue weighted by Gasteiger charge is -2.27. The second-order valence-corrected chi connectivity index (χ2v) is 4.86. The van der Waals surface area contributed by atoms with Gasteiger partial charge >= 0.3 is 6.18 Å². The Morgan fingerprint density at radius 1 is 1.40 bits per heavy atom. The Morgan fingerprint density at radius 3 is 2.80 bits per heavy atom. The van der Waals surface area contributed by atoms with E-state index in [4.69, 9.17) is 9.15 Å². The van der Waals surface area contributed by atoms with Crippen molar-refractivity contribution in [1.82, 2.24) is 10.3 Å². The molecule has 1 aromatic carbocycles. The molecule has 4 nitrogen and oxygen atoms in total. The Balaban J connectivity index is 2.12. The van der Waals surface area contributed by atoms with Gasteiger partial charge in [-0.2, -0.15) is 13.2 Å². The van der Waals surface area contributed by atoms with E-state index in [-0.39, 0.29) is 18.9 Å². The fourth-order valence-electron chi connectivity index (χ4n) is 2.48. The average molecular weight is 286 g/mol. The first kappa shape index (κ1) is 13.2. The number of fused-ring (bicyclic) bond motifs is 1. The fourth-order valence-corrected chi connectivity index (χ4v) is 2.48. The van der Waals surface area contributed by atoms with E-state index in [1.165, 1.54) is 7.11 Å². The van der Waals surface area contributed by atoms with Crippen molar-refractivity contribution in [2.45, 2.75) is 18.0 Å². The summed E-state index contributed by atoms with van der Waals surface area (Å²) in [6.45, 7) is 0.0853. The number of alkyl halides is 3. The summed E-state index contributed by atoms with van der Waals surface area (Å²) in [4.78, 5) is 4.04. The van der Waals surface area contributed by atoms with Gasteiger partial charge in [0.15, 0.2) is 11.0 Å². The number of nitrogens with zero attached hydrogens (tertiary/aromatic N) is 1. The zero-order valence-electron chi connectivity index (χ0n) is 10.8. The molecule has 0 aliphatic carbocycles. The molecule has 0 spiro atoms. The van der Waals surface area contributed by atoms with E-state index in [1.54, 1.807) is 18.2 Å². The molecule has 0 bridgehead atoms. The van der Waals surface area contributed by atoms with Crippen LogP contribution in [0.15, 0.2) is 22.6 Å². The first-order valence-corrected chi connectivity index (χ1v) is 6.19. The second kappa shape index (κ2) is 4.37. The van der Waals surface area contributed by atoms with Crippen LogP contribution in [0.3, 0.4) is 0 Å². The molecule has 1 aromatic heterocycles. The van der Waals surface area contributed by atoms with Crippen molar-refractivity contribution in [3.8, 4) is 5.75 Å². The molecular weight excluding hydrogens is 273 g/mol. The number of methoxy groups -OCH3 is 1. The van der Waals surface area contributed by atoms with Crippen molar-refractivity contribution in [2.75, 3.05) is 20.2 Å². The van der Waals surface area contributed by atoms with E-state index in [9.17, 15) is 13.2 Å². The van der Waals surface area contributed by atoms with Crippen LogP contribution in [0, 0.1) is 0 Å². The molecule has 2 aromatic rings. The minimum absolute atomic E-state index is 0.0690. The summed E-state index contributed by atoms with van der Waals surface area (Å²) >= 11 is 0. The van der Waals surface area contributed by atoms with Crippen molar-refractivity contribution in [3.05, 3.63) is 24.1 Å². The third-order valence-electron chi connectivity index (χ3n) is 3.70. The number of oxazole rings is 1. The third kappa shape index (κ3) is 1.84. The highest BCUT2D eigenvalue weighted by Gasteiger charge is 2.60. The Labute approximate surface area is 112 Å². The molecule has 20 heavy (non-hydrogen) atoms. The molecular formula is C13H13F3N2O2. The number of hydrogen-bond donors (Lipinski definition) is 1. The van der Waals surface area contributed by atoms with Gasteiger partial charge in [-0.15, -0.1) is 0 Å². The standard InChI is InChI=1S/C13H13F3N2O2/c1-19-8-2-3-10-9(6-8)18-11(20-10)12(13(14,15)16)4-5-17-7-12/h2-3,6,17H,4-5,7H2,1H3. The fraction of sp³-hybridized carbons (Fsp3) is 0.462. The Kier molecular flexibility index (Phi) is 2.89. The van der Waals surface area contributed by atoms with Crippen LogP contribution in [0.2, 0.25) is 0 Å². The third-order valence-corrected chi connectivity index (χ3v) is 3.70. The van der Waals surface area contributed by atoms with Crippen LogP contribution in [0.5, 0.6) is 5.75 Å². The summed E-state index contributed by atoms with van der Waals surface area (Å²) in [5, 5.41) is 2.74. The molecule has 7 heteroatoms.